The van der Waals surface area contributed by atoms with Crippen molar-refractivity contribution in [1.82, 2.24) is 5.16 Å². The third kappa shape index (κ3) is 3.69. The zero-order chi connectivity index (χ0) is 16.9. The van der Waals surface area contributed by atoms with Crippen LogP contribution in [0.5, 0.6) is 0 Å². The number of carbonyl (C=O) groups excluding carboxylic acids is 2. The van der Waals surface area contributed by atoms with E-state index in [0.29, 0.717) is 16.9 Å². The zero-order valence-electron chi connectivity index (χ0n) is 12.8. The van der Waals surface area contributed by atoms with Gasteiger partial charge in [0.2, 0.25) is 6.10 Å². The maximum Gasteiger partial charge on any atom is 0.340 e. The fraction of sp³-hybridized carbons (Fsp3) is 0.118. The van der Waals surface area contributed by atoms with Gasteiger partial charge in [0.25, 0.3) is 5.91 Å². The number of aromatic nitrogens is 1. The predicted molar refractivity (Wildman–Crippen MR) is 88.8 cm³/mol. The van der Waals surface area contributed by atoms with Gasteiger partial charge in [-0.1, -0.05) is 35.5 Å². The van der Waals surface area contributed by atoms with Crippen LogP contribution in [-0.4, -0.2) is 17.0 Å². The molecule has 0 aliphatic carbocycles. The van der Waals surface area contributed by atoms with Crippen LogP contribution in [0.25, 0.3) is 0 Å². The number of hydrogen-bond donors (Lipinski definition) is 1. The van der Waals surface area contributed by atoms with Gasteiger partial charge < -0.3 is 14.6 Å². The largest absolute Gasteiger partial charge is 0.444 e. The molecule has 0 aliphatic heterocycles. The summed E-state index contributed by atoms with van der Waals surface area (Å²) in [6.07, 6.45) is -1.09. The summed E-state index contributed by atoms with van der Waals surface area (Å²) in [7, 11) is 0. The lowest BCUT2D eigenvalue weighted by atomic mass is 10.1. The number of thiophene rings is 1. The van der Waals surface area contributed by atoms with Crippen LogP contribution < -0.4 is 5.32 Å². The number of hydrogen-bond acceptors (Lipinski definition) is 6. The molecule has 0 radical (unpaired) electrons. The van der Waals surface area contributed by atoms with Crippen LogP contribution in [0.3, 0.4) is 0 Å². The van der Waals surface area contributed by atoms with E-state index in [-0.39, 0.29) is 5.82 Å². The molecule has 1 N–H and O–H groups in total. The molecule has 7 heteroatoms. The van der Waals surface area contributed by atoms with Gasteiger partial charge in [0, 0.05) is 17.0 Å². The molecule has 1 atom stereocenters. The normalized spacial score (nSPS) is 11.7. The Morgan fingerprint density at radius 2 is 2.04 bits per heavy atom. The summed E-state index contributed by atoms with van der Waals surface area (Å²) < 4.78 is 10.3. The van der Waals surface area contributed by atoms with Crippen molar-refractivity contribution in [2.24, 2.45) is 0 Å². The third-order valence-electron chi connectivity index (χ3n) is 3.20. The minimum absolute atomic E-state index is 0.269. The van der Waals surface area contributed by atoms with Gasteiger partial charge in [-0.3, -0.25) is 4.79 Å². The topological polar surface area (TPSA) is 81.4 Å². The summed E-state index contributed by atoms with van der Waals surface area (Å²) in [5, 5.41) is 9.75. The van der Waals surface area contributed by atoms with Gasteiger partial charge in [0.15, 0.2) is 5.82 Å². The van der Waals surface area contributed by atoms with Crippen molar-refractivity contribution in [1.29, 1.82) is 0 Å². The molecule has 0 saturated carbocycles. The molecule has 3 aromatic rings. The molecule has 3 rings (SSSR count). The molecule has 0 bridgehead atoms. The Labute approximate surface area is 142 Å². The second kappa shape index (κ2) is 7.10. The first kappa shape index (κ1) is 15.9. The van der Waals surface area contributed by atoms with Gasteiger partial charge in [0.05, 0.1) is 5.56 Å². The monoisotopic (exact) mass is 342 g/mol. The summed E-state index contributed by atoms with van der Waals surface area (Å²) in [6.45, 7) is 1.72. The predicted octanol–water partition coefficient (Wildman–Crippen LogP) is 3.58. The zero-order valence-corrected chi connectivity index (χ0v) is 13.6. The molecule has 0 spiro atoms. The molecule has 122 valence electrons. The number of ether oxygens (including phenoxy) is 1. The lowest BCUT2D eigenvalue weighted by Crippen LogP contribution is -2.26. The Balaban J connectivity index is 1.82. The van der Waals surface area contributed by atoms with E-state index >= 15 is 0 Å². The highest BCUT2D eigenvalue weighted by atomic mass is 32.1. The van der Waals surface area contributed by atoms with Crippen LogP contribution >= 0.6 is 11.3 Å². The van der Waals surface area contributed by atoms with Gasteiger partial charge in [-0.25, -0.2) is 4.79 Å². The summed E-state index contributed by atoms with van der Waals surface area (Å²) in [4.78, 5) is 24.8. The first-order valence-corrected chi connectivity index (χ1v) is 8.10. The van der Waals surface area contributed by atoms with Crippen molar-refractivity contribution in [3.05, 3.63) is 70.1 Å². The fourth-order valence-electron chi connectivity index (χ4n) is 2.07. The maximum absolute atomic E-state index is 12.6. The van der Waals surface area contributed by atoms with Crippen LogP contribution in [0.4, 0.5) is 5.82 Å². The van der Waals surface area contributed by atoms with Crippen molar-refractivity contribution < 1.29 is 18.8 Å². The summed E-state index contributed by atoms with van der Waals surface area (Å²) in [5.41, 5.74) is 0.977. The average molecular weight is 342 g/mol. The van der Waals surface area contributed by atoms with E-state index < -0.39 is 18.0 Å². The Kier molecular flexibility index (Phi) is 4.72. The maximum atomic E-state index is 12.6. The third-order valence-corrected chi connectivity index (χ3v) is 3.88. The number of amides is 1. The molecule has 1 aromatic carbocycles. The van der Waals surface area contributed by atoms with E-state index in [1.807, 2.05) is 6.07 Å². The van der Waals surface area contributed by atoms with Crippen molar-refractivity contribution in [3.63, 3.8) is 0 Å². The van der Waals surface area contributed by atoms with Gasteiger partial charge in [-0.2, -0.15) is 11.3 Å². The highest BCUT2D eigenvalue weighted by Gasteiger charge is 2.26. The van der Waals surface area contributed by atoms with E-state index in [4.69, 9.17) is 9.26 Å². The molecule has 6 nitrogen and oxygen atoms in total. The van der Waals surface area contributed by atoms with Gasteiger partial charge in [-0.05, 0) is 18.4 Å². The van der Waals surface area contributed by atoms with Crippen molar-refractivity contribution in [2.75, 3.05) is 5.32 Å². The number of benzene rings is 1. The van der Waals surface area contributed by atoms with Crippen molar-refractivity contribution in [3.8, 4) is 0 Å². The van der Waals surface area contributed by atoms with E-state index in [9.17, 15) is 9.59 Å². The molecule has 2 heterocycles. The second-order valence-electron chi connectivity index (χ2n) is 5.02. The second-order valence-corrected chi connectivity index (χ2v) is 5.80. The molecule has 0 aliphatic rings. The lowest BCUT2D eigenvalue weighted by Gasteiger charge is -2.17. The molecule has 24 heavy (non-hydrogen) atoms. The molecule has 0 saturated heterocycles. The number of esters is 1. The molecule has 1 amide bonds. The Morgan fingerprint density at radius 1 is 1.25 bits per heavy atom. The smallest absolute Gasteiger partial charge is 0.340 e. The highest BCUT2D eigenvalue weighted by molar-refractivity contribution is 7.08. The van der Waals surface area contributed by atoms with Crippen molar-refractivity contribution in [2.45, 2.75) is 13.0 Å². The van der Waals surface area contributed by atoms with E-state index in [2.05, 4.69) is 10.5 Å². The molecular weight excluding hydrogens is 328 g/mol. The van der Waals surface area contributed by atoms with E-state index in [0.717, 1.165) is 0 Å². The minimum atomic E-state index is -1.09. The number of aryl methyl sites for hydroxylation is 1. The first-order valence-electron chi connectivity index (χ1n) is 7.16. The number of carbonyl (C=O) groups is 2. The Bertz CT molecular complexity index is 827. The number of nitrogens with one attached hydrogen (secondary N) is 1. The molecular formula is C17H14N2O4S. The standard InChI is InChI=1S/C17H14N2O4S/c1-11-9-14(19-23-11)18-16(20)15(12-5-3-2-4-6-12)22-17(21)13-7-8-24-10-13/h2-10,15H,1H3,(H,18,19,20)/t15-/m0/s1. The molecule has 0 fully saturated rings. The minimum Gasteiger partial charge on any atom is -0.444 e. The Hall–Kier alpha value is -2.93. The highest BCUT2D eigenvalue weighted by Crippen LogP contribution is 2.22. The summed E-state index contributed by atoms with van der Waals surface area (Å²) in [6, 6.07) is 12.0. The number of nitrogens with zero attached hydrogens (tertiary/aromatic N) is 1. The van der Waals surface area contributed by atoms with Crippen molar-refractivity contribution >= 4 is 29.0 Å². The quantitative estimate of drug-likeness (QED) is 0.717. The Morgan fingerprint density at radius 3 is 2.67 bits per heavy atom. The van der Waals surface area contributed by atoms with Gasteiger partial charge >= 0.3 is 5.97 Å². The molecule has 0 unspecified atom stereocenters. The van der Waals surface area contributed by atoms with Crippen LogP contribution in [0.1, 0.15) is 27.8 Å². The van der Waals surface area contributed by atoms with E-state index in [1.165, 1.54) is 11.3 Å². The summed E-state index contributed by atoms with van der Waals surface area (Å²) in [5.74, 6) is -0.225. The fourth-order valence-corrected chi connectivity index (χ4v) is 2.70. The SMILES string of the molecule is Cc1cc(NC(=O)[C@@H](OC(=O)c2ccsc2)c2ccccc2)no1. The van der Waals surface area contributed by atoms with Crippen LogP contribution in [0.2, 0.25) is 0 Å². The van der Waals surface area contributed by atoms with Crippen LogP contribution in [-0.2, 0) is 9.53 Å². The first-order chi connectivity index (χ1) is 11.6. The van der Waals surface area contributed by atoms with E-state index in [1.54, 1.807) is 54.1 Å². The number of rotatable bonds is 5. The van der Waals surface area contributed by atoms with Gasteiger partial charge in [-0.15, -0.1) is 0 Å². The van der Waals surface area contributed by atoms with Crippen LogP contribution in [0, 0.1) is 6.92 Å². The van der Waals surface area contributed by atoms with Crippen LogP contribution in [0.15, 0.2) is 57.7 Å². The average Bonchev–Trinajstić information content (AvgIpc) is 3.25. The summed E-state index contributed by atoms with van der Waals surface area (Å²) >= 11 is 1.38. The molecule has 2 aromatic heterocycles. The lowest BCUT2D eigenvalue weighted by molar-refractivity contribution is -0.125. The van der Waals surface area contributed by atoms with Gasteiger partial charge in [0.1, 0.15) is 5.76 Å². The number of anilines is 1.